The first-order chi connectivity index (χ1) is 18.0. The van der Waals surface area contributed by atoms with Gasteiger partial charge in [0, 0.05) is 0 Å². The minimum atomic E-state index is -0.697. The molecule has 0 heterocycles. The summed E-state index contributed by atoms with van der Waals surface area (Å²) in [6.45, 7) is 6.93. The summed E-state index contributed by atoms with van der Waals surface area (Å²) in [5.41, 5.74) is 0. The number of hydrogen-bond donors (Lipinski definition) is 2. The van der Waals surface area contributed by atoms with Crippen molar-refractivity contribution in [1.82, 2.24) is 0 Å². The largest absolute Gasteiger partial charge is 0.477 e. The van der Waals surface area contributed by atoms with Crippen LogP contribution in [-0.4, -0.2) is 85.5 Å². The summed E-state index contributed by atoms with van der Waals surface area (Å²) in [6, 6.07) is 0. The molecule has 0 unspecified atom stereocenters. The Morgan fingerprint density at radius 2 is 0.632 bits per heavy atom. The van der Waals surface area contributed by atoms with E-state index < -0.39 is 11.9 Å². The lowest BCUT2D eigenvalue weighted by molar-refractivity contribution is -0.883. The van der Waals surface area contributed by atoms with E-state index in [0.29, 0.717) is 8.97 Å². The van der Waals surface area contributed by atoms with E-state index in [-0.39, 0.29) is 13.1 Å². The highest BCUT2D eigenvalue weighted by atomic mass is 16.4. The van der Waals surface area contributed by atoms with Gasteiger partial charge in [-0.3, -0.25) is 0 Å². The Labute approximate surface area is 237 Å². The number of carboxylic acid groups (broad SMARTS) is 2. The summed E-state index contributed by atoms with van der Waals surface area (Å²) in [5.74, 6) is -1.39. The Hall–Kier alpha value is -1.14. The second-order valence-electron chi connectivity index (χ2n) is 12.8. The molecule has 0 aliphatic rings. The molecular formula is C32H68N2O4+2. The first kappa shape index (κ1) is 39.0. The maximum absolute atomic E-state index is 10.7. The average molecular weight is 545 g/mol. The van der Waals surface area contributed by atoms with Gasteiger partial charge in [0.15, 0.2) is 13.1 Å². The molecule has 0 aliphatic carbocycles. The van der Waals surface area contributed by atoms with Crippen LogP contribution < -0.4 is 0 Å². The number of hydrogen-bond acceptors (Lipinski definition) is 2. The third kappa shape index (κ3) is 32.9. The first-order valence-electron chi connectivity index (χ1n) is 16.0. The van der Waals surface area contributed by atoms with E-state index >= 15 is 0 Å². The highest BCUT2D eigenvalue weighted by molar-refractivity contribution is 5.68. The Morgan fingerprint density at radius 3 is 0.842 bits per heavy atom. The zero-order valence-electron chi connectivity index (χ0n) is 26.6. The fourth-order valence-corrected chi connectivity index (χ4v) is 4.94. The predicted molar refractivity (Wildman–Crippen MR) is 163 cm³/mol. The molecule has 0 saturated heterocycles. The van der Waals surface area contributed by atoms with Crippen molar-refractivity contribution in [3.8, 4) is 0 Å². The van der Waals surface area contributed by atoms with E-state index in [1.807, 2.05) is 28.2 Å². The summed E-state index contributed by atoms with van der Waals surface area (Å²) >= 11 is 0. The lowest BCUT2D eigenvalue weighted by Gasteiger charge is -2.27. The summed E-state index contributed by atoms with van der Waals surface area (Å²) < 4.78 is 1.21. The number of quaternary nitrogens is 2. The lowest BCUT2D eigenvalue weighted by Crippen LogP contribution is -2.44. The summed E-state index contributed by atoms with van der Waals surface area (Å²) in [6.07, 6.45) is 26.6. The maximum atomic E-state index is 10.7. The number of unbranched alkanes of at least 4 members (excludes halogenated alkanes) is 18. The van der Waals surface area contributed by atoms with E-state index in [9.17, 15) is 9.59 Å². The number of rotatable bonds is 26. The second-order valence-corrected chi connectivity index (χ2v) is 12.8. The van der Waals surface area contributed by atoms with Gasteiger partial charge in [0.05, 0.1) is 41.3 Å². The van der Waals surface area contributed by atoms with Crippen LogP contribution in [0.5, 0.6) is 0 Å². The monoisotopic (exact) mass is 545 g/mol. The molecule has 2 N–H and O–H groups in total. The third-order valence-electron chi connectivity index (χ3n) is 7.36. The number of nitrogens with zero attached hydrogens (tertiary/aromatic N) is 2. The van der Waals surface area contributed by atoms with Crippen molar-refractivity contribution >= 4 is 11.9 Å². The van der Waals surface area contributed by atoms with Gasteiger partial charge >= 0.3 is 11.9 Å². The van der Waals surface area contributed by atoms with Crippen molar-refractivity contribution in [1.29, 1.82) is 0 Å². The molecule has 0 amide bonds. The van der Waals surface area contributed by atoms with E-state index in [1.54, 1.807) is 0 Å². The van der Waals surface area contributed by atoms with Gasteiger partial charge in [-0.15, -0.1) is 0 Å². The zero-order chi connectivity index (χ0) is 29.1. The molecule has 0 aromatic heterocycles. The highest BCUT2D eigenvalue weighted by Crippen LogP contribution is 2.13. The number of likely N-dealkylation sites (N-methyl/N-ethyl adjacent to an activating group) is 2. The minimum Gasteiger partial charge on any atom is -0.477 e. The van der Waals surface area contributed by atoms with E-state index in [1.165, 1.54) is 116 Å². The molecule has 0 saturated carbocycles. The molecule has 0 spiro atoms. The average Bonchev–Trinajstić information content (AvgIpc) is 2.80. The summed E-state index contributed by atoms with van der Waals surface area (Å²) in [7, 11) is 8.01. The molecule has 0 aliphatic heterocycles. The van der Waals surface area contributed by atoms with Crippen LogP contribution in [0.15, 0.2) is 0 Å². The molecule has 0 aromatic rings. The van der Waals surface area contributed by atoms with Crippen LogP contribution in [0.2, 0.25) is 0 Å². The van der Waals surface area contributed by atoms with Crippen molar-refractivity contribution in [2.75, 3.05) is 54.4 Å². The number of aliphatic carboxylic acids is 2. The second kappa shape index (κ2) is 26.1. The summed E-state index contributed by atoms with van der Waals surface area (Å²) in [5, 5.41) is 17.6. The zero-order valence-corrected chi connectivity index (χ0v) is 26.6. The molecule has 6 heteroatoms. The van der Waals surface area contributed by atoms with Crippen LogP contribution in [0.1, 0.15) is 142 Å². The van der Waals surface area contributed by atoms with Gasteiger partial charge in [0.25, 0.3) is 0 Å². The van der Waals surface area contributed by atoms with Crippen LogP contribution in [0.25, 0.3) is 0 Å². The maximum Gasteiger partial charge on any atom is 0.359 e. The first-order valence-corrected chi connectivity index (χ1v) is 16.0. The van der Waals surface area contributed by atoms with Gasteiger partial charge in [-0.05, 0) is 25.7 Å². The molecule has 228 valence electrons. The molecule has 0 aromatic carbocycles. The third-order valence-corrected chi connectivity index (χ3v) is 7.36. The number of carbonyl (C=O) groups is 2. The molecule has 38 heavy (non-hydrogen) atoms. The van der Waals surface area contributed by atoms with Crippen molar-refractivity contribution in [3.05, 3.63) is 0 Å². The molecule has 0 radical (unpaired) electrons. The van der Waals surface area contributed by atoms with Gasteiger partial charge in [0.1, 0.15) is 0 Å². The number of carboxylic acids is 2. The molecular weight excluding hydrogens is 476 g/mol. The summed E-state index contributed by atoms with van der Waals surface area (Å²) in [4.78, 5) is 21.4. The minimum absolute atomic E-state index is 0.234. The standard InChI is InChI=1S/2C16H33NO2/c2*1-4-5-6-7-8-9-10-11-12-13-14-17(2,3)15-16(18)19/h2*4-15H2,1-3H3/p+2. The smallest absolute Gasteiger partial charge is 0.359 e. The Kier molecular flexibility index (Phi) is 26.8. The topological polar surface area (TPSA) is 74.6 Å². The van der Waals surface area contributed by atoms with Crippen molar-refractivity contribution in [2.45, 2.75) is 142 Å². The molecule has 0 bridgehead atoms. The Balaban J connectivity index is 0. The van der Waals surface area contributed by atoms with E-state index in [0.717, 1.165) is 25.9 Å². The molecule has 0 fully saturated rings. The fraction of sp³-hybridized carbons (Fsp3) is 0.938. The van der Waals surface area contributed by atoms with Crippen LogP contribution in [0, 0.1) is 0 Å². The van der Waals surface area contributed by atoms with Gasteiger partial charge < -0.3 is 19.2 Å². The van der Waals surface area contributed by atoms with Crippen LogP contribution in [0.3, 0.4) is 0 Å². The SMILES string of the molecule is CCCCCCCCCCCC[N+](C)(C)CC(=O)O.CCCCCCCCCCCC[N+](C)(C)CC(=O)O. The Morgan fingerprint density at radius 1 is 0.421 bits per heavy atom. The van der Waals surface area contributed by atoms with Crippen LogP contribution >= 0.6 is 0 Å². The van der Waals surface area contributed by atoms with Gasteiger partial charge in [0.2, 0.25) is 0 Å². The molecule has 0 atom stereocenters. The fourth-order valence-electron chi connectivity index (χ4n) is 4.94. The highest BCUT2D eigenvalue weighted by Gasteiger charge is 2.19. The van der Waals surface area contributed by atoms with E-state index in [2.05, 4.69) is 13.8 Å². The normalized spacial score (nSPS) is 11.7. The van der Waals surface area contributed by atoms with Crippen LogP contribution in [-0.2, 0) is 9.59 Å². The lowest BCUT2D eigenvalue weighted by atomic mass is 10.1. The van der Waals surface area contributed by atoms with Crippen molar-refractivity contribution < 1.29 is 28.8 Å². The van der Waals surface area contributed by atoms with E-state index in [4.69, 9.17) is 10.2 Å². The van der Waals surface area contributed by atoms with Gasteiger partial charge in [-0.2, -0.15) is 0 Å². The van der Waals surface area contributed by atoms with Gasteiger partial charge in [-0.1, -0.05) is 117 Å². The van der Waals surface area contributed by atoms with Crippen molar-refractivity contribution in [2.24, 2.45) is 0 Å². The van der Waals surface area contributed by atoms with Gasteiger partial charge in [-0.25, -0.2) is 9.59 Å². The predicted octanol–water partition coefficient (Wildman–Crippen LogP) is 8.14. The van der Waals surface area contributed by atoms with Crippen LogP contribution in [0.4, 0.5) is 0 Å². The Bertz CT molecular complexity index is 502. The quantitative estimate of drug-likeness (QED) is 0.0851. The molecule has 0 rings (SSSR count). The molecule has 6 nitrogen and oxygen atoms in total. The van der Waals surface area contributed by atoms with Crippen molar-refractivity contribution in [3.63, 3.8) is 0 Å².